The Kier molecular flexibility index (Phi) is 2.56. The van der Waals surface area contributed by atoms with Crippen molar-refractivity contribution in [3.63, 3.8) is 0 Å². The minimum atomic E-state index is 0.0756. The average molecular weight is 197 g/mol. The van der Waals surface area contributed by atoms with Crippen LogP contribution in [0.15, 0.2) is 24.3 Å². The van der Waals surface area contributed by atoms with Crippen LogP contribution in [-0.4, -0.2) is 12.5 Å². The first-order valence-corrected chi connectivity index (χ1v) is 5.01. The third kappa shape index (κ3) is 1.59. The van der Waals surface area contributed by atoms with Gasteiger partial charge in [-0.2, -0.15) is 0 Å². The molecule has 2 unspecified atom stereocenters. The largest absolute Gasteiger partial charge is 0.375 e. The number of halogens is 1. The van der Waals surface area contributed by atoms with E-state index in [2.05, 4.69) is 18.2 Å². The predicted octanol–water partition coefficient (Wildman–Crippen LogP) is 2.93. The highest BCUT2D eigenvalue weighted by Crippen LogP contribution is 2.35. The van der Waals surface area contributed by atoms with Gasteiger partial charge in [-0.15, -0.1) is 11.6 Å². The van der Waals surface area contributed by atoms with Gasteiger partial charge in [-0.1, -0.05) is 24.3 Å². The van der Waals surface area contributed by atoms with E-state index in [9.17, 15) is 0 Å². The molecule has 0 amide bonds. The smallest absolute Gasteiger partial charge is 0.0987 e. The van der Waals surface area contributed by atoms with Crippen LogP contribution >= 0.6 is 11.6 Å². The van der Waals surface area contributed by atoms with Crippen molar-refractivity contribution in [1.29, 1.82) is 0 Å². The maximum Gasteiger partial charge on any atom is 0.0987 e. The van der Waals surface area contributed by atoms with Crippen molar-refractivity contribution in [2.75, 3.05) is 7.11 Å². The van der Waals surface area contributed by atoms with Gasteiger partial charge in [-0.25, -0.2) is 0 Å². The van der Waals surface area contributed by atoms with Gasteiger partial charge in [-0.05, 0) is 24.0 Å². The predicted molar refractivity (Wildman–Crippen MR) is 54.2 cm³/mol. The first-order valence-electron chi connectivity index (χ1n) is 4.57. The summed E-state index contributed by atoms with van der Waals surface area (Å²) in [5.74, 6) is 0. The zero-order chi connectivity index (χ0) is 9.26. The molecule has 0 bridgehead atoms. The number of hydrogen-bond acceptors (Lipinski definition) is 1. The van der Waals surface area contributed by atoms with Crippen LogP contribution in [0.3, 0.4) is 0 Å². The van der Waals surface area contributed by atoms with Gasteiger partial charge >= 0.3 is 0 Å². The van der Waals surface area contributed by atoms with E-state index < -0.39 is 0 Å². The Morgan fingerprint density at radius 3 is 2.92 bits per heavy atom. The van der Waals surface area contributed by atoms with Crippen LogP contribution in [0.1, 0.15) is 23.7 Å². The summed E-state index contributed by atoms with van der Waals surface area (Å²) in [5.41, 5.74) is 2.64. The summed E-state index contributed by atoms with van der Waals surface area (Å²) < 4.78 is 5.40. The van der Waals surface area contributed by atoms with E-state index in [0.717, 1.165) is 12.8 Å². The molecule has 0 aromatic heterocycles. The lowest BCUT2D eigenvalue weighted by molar-refractivity contribution is 0.0915. The lowest BCUT2D eigenvalue weighted by Crippen LogP contribution is -2.22. The number of benzene rings is 1. The van der Waals surface area contributed by atoms with Crippen molar-refractivity contribution >= 4 is 11.6 Å². The van der Waals surface area contributed by atoms with E-state index in [1.165, 1.54) is 11.1 Å². The fourth-order valence-corrected chi connectivity index (χ4v) is 2.30. The van der Waals surface area contributed by atoms with Crippen molar-refractivity contribution in [3.8, 4) is 0 Å². The summed E-state index contributed by atoms with van der Waals surface area (Å²) in [6.07, 6.45) is 2.16. The molecule has 70 valence electrons. The lowest BCUT2D eigenvalue weighted by Gasteiger charge is -2.28. The lowest BCUT2D eigenvalue weighted by atomic mass is 9.89. The number of ether oxygens (including phenoxy) is 1. The molecule has 0 saturated heterocycles. The molecule has 0 aliphatic heterocycles. The second-order valence-corrected chi connectivity index (χ2v) is 3.97. The number of alkyl halides is 1. The highest BCUT2D eigenvalue weighted by atomic mass is 35.5. The first kappa shape index (κ1) is 9.04. The molecular formula is C11H13ClO. The van der Waals surface area contributed by atoms with Gasteiger partial charge in [0, 0.05) is 7.11 Å². The van der Waals surface area contributed by atoms with Crippen LogP contribution in [0.2, 0.25) is 0 Å². The summed E-state index contributed by atoms with van der Waals surface area (Å²) in [7, 11) is 1.72. The van der Waals surface area contributed by atoms with E-state index in [1.54, 1.807) is 7.11 Å². The summed E-state index contributed by atoms with van der Waals surface area (Å²) in [6.45, 7) is 0. The van der Waals surface area contributed by atoms with E-state index in [4.69, 9.17) is 16.3 Å². The van der Waals surface area contributed by atoms with E-state index in [0.29, 0.717) is 0 Å². The zero-order valence-electron chi connectivity index (χ0n) is 7.66. The van der Waals surface area contributed by atoms with Gasteiger partial charge in [0.15, 0.2) is 0 Å². The first-order chi connectivity index (χ1) is 6.33. The number of rotatable bonds is 1. The Balaban J connectivity index is 2.39. The number of aryl methyl sites for hydroxylation is 1. The molecule has 1 nitrogen and oxygen atoms in total. The molecule has 0 spiro atoms. The van der Waals surface area contributed by atoms with Crippen LogP contribution in [0.25, 0.3) is 0 Å². The van der Waals surface area contributed by atoms with Crippen LogP contribution in [-0.2, 0) is 11.2 Å². The topological polar surface area (TPSA) is 9.23 Å². The molecular weight excluding hydrogens is 184 g/mol. The summed E-state index contributed by atoms with van der Waals surface area (Å²) in [4.78, 5) is 0. The molecule has 1 aliphatic rings. The van der Waals surface area contributed by atoms with Crippen LogP contribution in [0.5, 0.6) is 0 Å². The third-order valence-electron chi connectivity index (χ3n) is 2.63. The fourth-order valence-electron chi connectivity index (χ4n) is 1.95. The van der Waals surface area contributed by atoms with Gasteiger partial charge in [0.1, 0.15) is 0 Å². The van der Waals surface area contributed by atoms with Gasteiger partial charge < -0.3 is 4.74 Å². The molecule has 0 fully saturated rings. The molecule has 0 radical (unpaired) electrons. The Morgan fingerprint density at radius 1 is 1.38 bits per heavy atom. The van der Waals surface area contributed by atoms with Gasteiger partial charge in [0.25, 0.3) is 0 Å². The molecule has 0 saturated carbocycles. The number of methoxy groups -OCH3 is 1. The highest BCUT2D eigenvalue weighted by molar-refractivity contribution is 6.21. The molecule has 0 heterocycles. The standard InChI is InChI=1S/C11H13ClO/c1-13-11-9-5-3-2-4-8(9)6-7-10(11)12/h2-5,10-11H,6-7H2,1H3. The van der Waals surface area contributed by atoms with Gasteiger partial charge in [-0.3, -0.25) is 0 Å². The zero-order valence-corrected chi connectivity index (χ0v) is 8.42. The second-order valence-electron chi connectivity index (χ2n) is 3.41. The minimum absolute atomic E-state index is 0.0756. The third-order valence-corrected chi connectivity index (χ3v) is 3.08. The van der Waals surface area contributed by atoms with E-state index in [-0.39, 0.29) is 11.5 Å². The number of fused-ring (bicyclic) bond motifs is 1. The van der Waals surface area contributed by atoms with E-state index in [1.807, 2.05) is 6.07 Å². The van der Waals surface area contributed by atoms with Crippen LogP contribution in [0.4, 0.5) is 0 Å². The Morgan fingerprint density at radius 2 is 2.15 bits per heavy atom. The molecule has 2 rings (SSSR count). The van der Waals surface area contributed by atoms with Crippen LogP contribution < -0.4 is 0 Å². The molecule has 2 heteroatoms. The molecule has 1 aliphatic carbocycles. The molecule has 0 N–H and O–H groups in total. The maximum absolute atomic E-state index is 6.19. The van der Waals surface area contributed by atoms with Gasteiger partial charge in [0.05, 0.1) is 11.5 Å². The molecule has 2 atom stereocenters. The quantitative estimate of drug-likeness (QED) is 0.628. The van der Waals surface area contributed by atoms with Crippen molar-refractivity contribution in [3.05, 3.63) is 35.4 Å². The highest BCUT2D eigenvalue weighted by Gasteiger charge is 2.27. The molecule has 1 aromatic carbocycles. The van der Waals surface area contributed by atoms with Gasteiger partial charge in [0.2, 0.25) is 0 Å². The average Bonchev–Trinajstić information content (AvgIpc) is 2.18. The van der Waals surface area contributed by atoms with Crippen LogP contribution in [0, 0.1) is 0 Å². The summed E-state index contributed by atoms with van der Waals surface area (Å²) >= 11 is 6.19. The number of hydrogen-bond donors (Lipinski definition) is 0. The van der Waals surface area contributed by atoms with Crippen molar-refractivity contribution in [2.45, 2.75) is 24.3 Å². The Hall–Kier alpha value is -0.530. The Bertz CT molecular complexity index is 298. The SMILES string of the molecule is COC1c2ccccc2CCC1Cl. The normalized spacial score (nSPS) is 26.9. The second kappa shape index (κ2) is 3.69. The van der Waals surface area contributed by atoms with E-state index >= 15 is 0 Å². The van der Waals surface area contributed by atoms with Crippen molar-refractivity contribution in [1.82, 2.24) is 0 Å². The Labute approximate surface area is 83.7 Å². The fraction of sp³-hybridized carbons (Fsp3) is 0.455. The van der Waals surface area contributed by atoms with Crippen molar-refractivity contribution in [2.24, 2.45) is 0 Å². The monoisotopic (exact) mass is 196 g/mol. The molecule has 13 heavy (non-hydrogen) atoms. The summed E-state index contributed by atoms with van der Waals surface area (Å²) in [6, 6.07) is 8.38. The minimum Gasteiger partial charge on any atom is -0.375 e. The summed E-state index contributed by atoms with van der Waals surface area (Å²) in [5, 5.41) is 0.125. The van der Waals surface area contributed by atoms with Crippen molar-refractivity contribution < 1.29 is 4.74 Å². The maximum atomic E-state index is 6.19. The molecule has 1 aromatic rings.